The Bertz CT molecular complexity index is 284. The largest absolute Gasteiger partial charge is 0.469 e. The third kappa shape index (κ3) is 0.847. The number of carbonyl (C=O) groups excluding carboxylic acids is 2. The van der Waals surface area contributed by atoms with Crippen molar-refractivity contribution in [2.24, 2.45) is 23.2 Å². The van der Waals surface area contributed by atoms with Crippen molar-refractivity contribution in [3.8, 4) is 0 Å². The second kappa shape index (κ2) is 2.34. The van der Waals surface area contributed by atoms with E-state index in [0.717, 1.165) is 0 Å². The molecule has 0 radical (unpaired) electrons. The molecule has 0 spiro atoms. The van der Waals surface area contributed by atoms with Gasteiger partial charge in [0, 0.05) is 12.3 Å². The lowest BCUT2D eigenvalue weighted by molar-refractivity contribution is -0.149. The highest BCUT2D eigenvalue weighted by atomic mass is 16.5. The number of ketones is 1. The molecule has 2 rings (SSSR count). The smallest absolute Gasteiger partial charge is 0.312 e. The van der Waals surface area contributed by atoms with Crippen LogP contribution in [0.15, 0.2) is 0 Å². The Morgan fingerprint density at radius 2 is 2.23 bits per heavy atom. The number of carbonyl (C=O) groups is 2. The summed E-state index contributed by atoms with van der Waals surface area (Å²) in [5.74, 6) is 0.566. The number of Topliss-reactive ketones (excluding diaryl/α,β-unsaturated/α-hetero) is 1. The van der Waals surface area contributed by atoms with Gasteiger partial charge in [-0.05, 0) is 18.8 Å². The minimum atomic E-state index is -0.497. The molecule has 4 atom stereocenters. The zero-order chi connectivity index (χ0) is 9.80. The van der Waals surface area contributed by atoms with Crippen molar-refractivity contribution in [1.29, 1.82) is 0 Å². The summed E-state index contributed by atoms with van der Waals surface area (Å²) >= 11 is 0. The monoisotopic (exact) mass is 182 g/mol. The fourth-order valence-corrected chi connectivity index (χ4v) is 3.05. The molecule has 13 heavy (non-hydrogen) atoms. The van der Waals surface area contributed by atoms with Gasteiger partial charge in [-0.25, -0.2) is 0 Å². The molecule has 0 aromatic rings. The first-order valence-electron chi connectivity index (χ1n) is 4.64. The van der Waals surface area contributed by atoms with Gasteiger partial charge >= 0.3 is 5.97 Å². The average Bonchev–Trinajstić information content (AvgIpc) is 2.60. The number of hydrogen-bond acceptors (Lipinski definition) is 3. The molecule has 0 N–H and O–H groups in total. The highest BCUT2D eigenvalue weighted by Crippen LogP contribution is 2.67. The minimum Gasteiger partial charge on any atom is -0.469 e. The third-order valence-electron chi connectivity index (χ3n) is 3.70. The molecule has 0 heterocycles. The molecule has 0 amide bonds. The van der Waals surface area contributed by atoms with Crippen LogP contribution in [-0.4, -0.2) is 18.9 Å². The molecular formula is C10H14O3. The molecule has 3 nitrogen and oxygen atoms in total. The van der Waals surface area contributed by atoms with Crippen LogP contribution >= 0.6 is 0 Å². The van der Waals surface area contributed by atoms with Crippen LogP contribution < -0.4 is 0 Å². The molecular weight excluding hydrogens is 168 g/mol. The molecule has 2 aliphatic carbocycles. The lowest BCUT2D eigenvalue weighted by Gasteiger charge is -2.14. The van der Waals surface area contributed by atoms with Crippen LogP contribution in [0.1, 0.15) is 20.3 Å². The average molecular weight is 182 g/mol. The molecule has 2 fully saturated rings. The Morgan fingerprint density at radius 1 is 1.62 bits per heavy atom. The Kier molecular flexibility index (Phi) is 1.57. The number of ether oxygens (including phenoxy) is 1. The van der Waals surface area contributed by atoms with E-state index in [4.69, 9.17) is 4.74 Å². The Labute approximate surface area is 77.4 Å². The second-order valence-electron chi connectivity index (χ2n) is 4.43. The maximum absolute atomic E-state index is 11.5. The number of rotatable bonds is 1. The lowest BCUT2D eigenvalue weighted by atomic mass is 9.92. The van der Waals surface area contributed by atoms with E-state index in [1.165, 1.54) is 7.11 Å². The van der Waals surface area contributed by atoms with Crippen molar-refractivity contribution < 1.29 is 14.3 Å². The Hall–Kier alpha value is -0.860. The van der Waals surface area contributed by atoms with Crippen molar-refractivity contribution >= 4 is 11.8 Å². The van der Waals surface area contributed by atoms with Crippen molar-refractivity contribution in [3.05, 3.63) is 0 Å². The van der Waals surface area contributed by atoms with Crippen LogP contribution in [0.3, 0.4) is 0 Å². The van der Waals surface area contributed by atoms with Crippen LogP contribution in [0, 0.1) is 23.2 Å². The molecule has 0 aromatic carbocycles. The predicted octanol–water partition coefficient (Wildman–Crippen LogP) is 1.02. The predicted molar refractivity (Wildman–Crippen MR) is 45.9 cm³/mol. The Balaban J connectivity index is 2.24. The van der Waals surface area contributed by atoms with E-state index in [9.17, 15) is 9.59 Å². The summed E-state index contributed by atoms with van der Waals surface area (Å²) in [6.45, 7) is 3.89. The van der Waals surface area contributed by atoms with E-state index in [1.807, 2.05) is 13.8 Å². The first-order valence-corrected chi connectivity index (χ1v) is 4.64. The summed E-state index contributed by atoms with van der Waals surface area (Å²) in [5, 5.41) is 0. The van der Waals surface area contributed by atoms with Gasteiger partial charge in [-0.2, -0.15) is 0 Å². The fourth-order valence-electron chi connectivity index (χ4n) is 3.05. The molecule has 0 aliphatic heterocycles. The molecule has 2 saturated carbocycles. The molecule has 0 saturated heterocycles. The van der Waals surface area contributed by atoms with Gasteiger partial charge in [0.15, 0.2) is 0 Å². The van der Waals surface area contributed by atoms with Gasteiger partial charge in [0.2, 0.25) is 0 Å². The van der Waals surface area contributed by atoms with Gasteiger partial charge in [-0.1, -0.05) is 6.92 Å². The van der Waals surface area contributed by atoms with Crippen molar-refractivity contribution in [2.75, 3.05) is 7.11 Å². The molecule has 0 bridgehead atoms. The van der Waals surface area contributed by atoms with Gasteiger partial charge < -0.3 is 4.74 Å². The molecule has 3 heteroatoms. The van der Waals surface area contributed by atoms with Gasteiger partial charge in [0.1, 0.15) is 5.78 Å². The third-order valence-corrected chi connectivity index (χ3v) is 3.70. The van der Waals surface area contributed by atoms with E-state index in [1.54, 1.807) is 0 Å². The second-order valence-corrected chi connectivity index (χ2v) is 4.43. The van der Waals surface area contributed by atoms with Crippen LogP contribution in [0.4, 0.5) is 0 Å². The number of esters is 1. The van der Waals surface area contributed by atoms with Crippen molar-refractivity contribution in [3.63, 3.8) is 0 Å². The first kappa shape index (κ1) is 8.73. The molecule has 72 valence electrons. The molecule has 0 unspecified atom stereocenters. The normalized spacial score (nSPS) is 47.3. The Morgan fingerprint density at radius 3 is 2.62 bits per heavy atom. The van der Waals surface area contributed by atoms with Crippen LogP contribution in [0.2, 0.25) is 0 Å². The summed E-state index contributed by atoms with van der Waals surface area (Å²) in [6.07, 6.45) is 0.641. The maximum atomic E-state index is 11.5. The zero-order valence-electron chi connectivity index (χ0n) is 8.16. The summed E-state index contributed by atoms with van der Waals surface area (Å²) in [5.41, 5.74) is -0.497. The summed E-state index contributed by atoms with van der Waals surface area (Å²) < 4.78 is 4.72. The van der Waals surface area contributed by atoms with E-state index in [0.29, 0.717) is 12.3 Å². The van der Waals surface area contributed by atoms with E-state index < -0.39 is 5.41 Å². The van der Waals surface area contributed by atoms with E-state index in [-0.39, 0.29) is 23.6 Å². The van der Waals surface area contributed by atoms with E-state index >= 15 is 0 Å². The van der Waals surface area contributed by atoms with Gasteiger partial charge in [0.25, 0.3) is 0 Å². The lowest BCUT2D eigenvalue weighted by Crippen LogP contribution is -2.24. The van der Waals surface area contributed by atoms with Crippen LogP contribution in [0.25, 0.3) is 0 Å². The summed E-state index contributed by atoms with van der Waals surface area (Å²) in [4.78, 5) is 22.9. The summed E-state index contributed by atoms with van der Waals surface area (Å²) in [6, 6.07) is 0. The highest BCUT2D eigenvalue weighted by Gasteiger charge is 2.74. The first-order chi connectivity index (χ1) is 6.03. The van der Waals surface area contributed by atoms with Gasteiger partial charge in [-0.3, -0.25) is 9.59 Å². The summed E-state index contributed by atoms with van der Waals surface area (Å²) in [7, 11) is 1.39. The fraction of sp³-hybridized carbons (Fsp3) is 0.800. The highest BCUT2D eigenvalue weighted by molar-refractivity contribution is 5.97. The van der Waals surface area contributed by atoms with Crippen LogP contribution in [0.5, 0.6) is 0 Å². The quantitative estimate of drug-likeness (QED) is 0.569. The van der Waals surface area contributed by atoms with Crippen molar-refractivity contribution in [1.82, 2.24) is 0 Å². The van der Waals surface area contributed by atoms with Crippen molar-refractivity contribution in [2.45, 2.75) is 20.3 Å². The zero-order valence-corrected chi connectivity index (χ0v) is 8.16. The van der Waals surface area contributed by atoms with Gasteiger partial charge in [-0.15, -0.1) is 0 Å². The van der Waals surface area contributed by atoms with Gasteiger partial charge in [0.05, 0.1) is 12.5 Å². The molecule has 2 aliphatic rings. The SMILES string of the molecule is COC(=O)[C@]1(C)[C@H]2[C@H](C)CC(=O)[C@H]21. The standard InChI is InChI=1S/C10H14O3/c1-5-4-6(11)8-7(5)10(8,2)9(12)13-3/h5,7-8H,4H2,1-3H3/t5-,7+,8-,10-/m1/s1. The topological polar surface area (TPSA) is 43.4 Å². The molecule has 0 aromatic heterocycles. The maximum Gasteiger partial charge on any atom is 0.312 e. The number of hydrogen-bond donors (Lipinski definition) is 0. The number of methoxy groups -OCH3 is 1. The van der Waals surface area contributed by atoms with Crippen LogP contribution in [-0.2, 0) is 14.3 Å². The number of fused-ring (bicyclic) bond motifs is 1. The van der Waals surface area contributed by atoms with E-state index in [2.05, 4.69) is 0 Å². The minimum absolute atomic E-state index is 0.0463.